The van der Waals surface area contributed by atoms with Crippen LogP contribution in [-0.2, 0) is 17.6 Å². The SMILES string of the molecule is CC(C)N(C)CC(=O)NC(c1ccc2c(c1)CCCC2)c1cccs1. The standard InChI is InChI=1S/C21H28N2OS/c1-15(2)23(3)14-20(24)22-21(19-9-6-12-25-19)18-11-10-16-7-4-5-8-17(16)13-18/h6,9-13,15,21H,4-5,7-8,14H2,1-3H3,(H,22,24). The zero-order chi connectivity index (χ0) is 17.8. The van der Waals surface area contributed by atoms with Crippen LogP contribution in [0.15, 0.2) is 35.7 Å². The van der Waals surface area contributed by atoms with Gasteiger partial charge >= 0.3 is 0 Å². The predicted molar refractivity (Wildman–Crippen MR) is 105 cm³/mol. The molecule has 1 aromatic heterocycles. The molecule has 0 saturated heterocycles. The van der Waals surface area contributed by atoms with Gasteiger partial charge in [0.2, 0.25) is 5.91 Å². The summed E-state index contributed by atoms with van der Waals surface area (Å²) < 4.78 is 0. The molecule has 1 heterocycles. The van der Waals surface area contributed by atoms with E-state index < -0.39 is 0 Å². The second-order valence-electron chi connectivity index (χ2n) is 7.26. The van der Waals surface area contributed by atoms with Crippen LogP contribution >= 0.6 is 11.3 Å². The Morgan fingerprint density at radius 1 is 1.20 bits per heavy atom. The molecule has 1 aromatic carbocycles. The number of rotatable bonds is 6. The molecule has 0 spiro atoms. The fourth-order valence-electron chi connectivity index (χ4n) is 3.32. The molecule has 4 heteroatoms. The van der Waals surface area contributed by atoms with Crippen molar-refractivity contribution in [1.82, 2.24) is 10.2 Å². The number of hydrogen-bond acceptors (Lipinski definition) is 3. The largest absolute Gasteiger partial charge is 0.343 e. The first-order valence-electron chi connectivity index (χ1n) is 9.19. The molecule has 1 atom stereocenters. The molecule has 1 amide bonds. The number of nitrogens with one attached hydrogen (secondary N) is 1. The molecule has 1 unspecified atom stereocenters. The van der Waals surface area contributed by atoms with Gasteiger partial charge in [-0.15, -0.1) is 11.3 Å². The van der Waals surface area contributed by atoms with Crippen LogP contribution in [0.25, 0.3) is 0 Å². The minimum absolute atomic E-state index is 0.0553. The van der Waals surface area contributed by atoms with Crippen LogP contribution in [-0.4, -0.2) is 30.4 Å². The van der Waals surface area contributed by atoms with E-state index >= 15 is 0 Å². The summed E-state index contributed by atoms with van der Waals surface area (Å²) in [5.74, 6) is 0.0762. The molecule has 0 saturated carbocycles. The molecule has 0 aliphatic heterocycles. The number of benzene rings is 1. The van der Waals surface area contributed by atoms with Crippen LogP contribution in [0.5, 0.6) is 0 Å². The minimum atomic E-state index is -0.0553. The van der Waals surface area contributed by atoms with Crippen molar-refractivity contribution in [1.29, 1.82) is 0 Å². The van der Waals surface area contributed by atoms with Crippen molar-refractivity contribution in [3.63, 3.8) is 0 Å². The number of hydrogen-bond donors (Lipinski definition) is 1. The maximum absolute atomic E-state index is 12.6. The van der Waals surface area contributed by atoms with Crippen molar-refractivity contribution in [2.24, 2.45) is 0 Å². The first-order chi connectivity index (χ1) is 12.0. The molecular weight excluding hydrogens is 328 g/mol. The average Bonchev–Trinajstić information content (AvgIpc) is 3.13. The Labute approximate surface area is 155 Å². The molecule has 3 nitrogen and oxygen atoms in total. The molecule has 0 bridgehead atoms. The normalized spacial score (nSPS) is 15.2. The van der Waals surface area contributed by atoms with Crippen molar-refractivity contribution in [3.8, 4) is 0 Å². The number of carbonyl (C=O) groups is 1. The molecule has 3 rings (SSSR count). The Hall–Kier alpha value is -1.65. The molecule has 1 aliphatic carbocycles. The lowest BCUT2D eigenvalue weighted by Crippen LogP contribution is -2.40. The van der Waals surface area contributed by atoms with Gasteiger partial charge in [-0.25, -0.2) is 0 Å². The monoisotopic (exact) mass is 356 g/mol. The fraction of sp³-hybridized carbons (Fsp3) is 0.476. The summed E-state index contributed by atoms with van der Waals surface area (Å²) in [5.41, 5.74) is 4.13. The van der Waals surface area contributed by atoms with Crippen LogP contribution in [0, 0.1) is 0 Å². The van der Waals surface area contributed by atoms with Crippen molar-refractivity contribution in [2.75, 3.05) is 13.6 Å². The minimum Gasteiger partial charge on any atom is -0.343 e. The van der Waals surface area contributed by atoms with Crippen LogP contribution in [0.4, 0.5) is 0 Å². The lowest BCUT2D eigenvalue weighted by atomic mass is 9.89. The Morgan fingerprint density at radius 3 is 2.64 bits per heavy atom. The van der Waals surface area contributed by atoms with Crippen LogP contribution in [0.3, 0.4) is 0 Å². The summed E-state index contributed by atoms with van der Waals surface area (Å²) in [6.07, 6.45) is 4.90. The van der Waals surface area contributed by atoms with Gasteiger partial charge in [0.25, 0.3) is 0 Å². The van der Waals surface area contributed by atoms with Gasteiger partial charge in [-0.1, -0.05) is 24.3 Å². The lowest BCUT2D eigenvalue weighted by molar-refractivity contribution is -0.122. The van der Waals surface area contributed by atoms with Gasteiger partial charge in [-0.05, 0) is 74.7 Å². The number of fused-ring (bicyclic) bond motifs is 1. The number of carbonyl (C=O) groups excluding carboxylic acids is 1. The average molecular weight is 357 g/mol. The highest BCUT2D eigenvalue weighted by Crippen LogP contribution is 2.30. The number of aryl methyl sites for hydroxylation is 2. The summed E-state index contributed by atoms with van der Waals surface area (Å²) in [6, 6.07) is 11.2. The van der Waals surface area contributed by atoms with Gasteiger partial charge in [0.1, 0.15) is 0 Å². The van der Waals surface area contributed by atoms with E-state index in [1.54, 1.807) is 11.3 Å². The zero-order valence-electron chi connectivity index (χ0n) is 15.4. The maximum atomic E-state index is 12.6. The summed E-state index contributed by atoms with van der Waals surface area (Å²) >= 11 is 1.70. The van der Waals surface area contributed by atoms with E-state index in [0.717, 1.165) is 6.42 Å². The van der Waals surface area contributed by atoms with Crippen molar-refractivity contribution >= 4 is 17.2 Å². The van der Waals surface area contributed by atoms with Crippen LogP contribution < -0.4 is 5.32 Å². The predicted octanol–water partition coefficient (Wildman–Crippen LogP) is 4.17. The van der Waals surface area contributed by atoms with Crippen molar-refractivity contribution in [2.45, 2.75) is 51.6 Å². The zero-order valence-corrected chi connectivity index (χ0v) is 16.2. The summed E-state index contributed by atoms with van der Waals surface area (Å²) in [5, 5.41) is 5.33. The Kier molecular flexibility index (Phi) is 5.92. The van der Waals surface area contributed by atoms with Gasteiger partial charge in [0.15, 0.2) is 0 Å². The van der Waals surface area contributed by atoms with Gasteiger partial charge in [0, 0.05) is 10.9 Å². The van der Waals surface area contributed by atoms with E-state index in [1.165, 1.54) is 40.8 Å². The Balaban J connectivity index is 1.82. The maximum Gasteiger partial charge on any atom is 0.234 e. The van der Waals surface area contributed by atoms with E-state index in [2.05, 4.69) is 59.8 Å². The molecule has 134 valence electrons. The number of thiophene rings is 1. The summed E-state index contributed by atoms with van der Waals surface area (Å²) in [6.45, 7) is 4.63. The molecular formula is C21H28N2OS. The van der Waals surface area contributed by atoms with E-state index in [-0.39, 0.29) is 11.9 Å². The van der Waals surface area contributed by atoms with Gasteiger partial charge in [0.05, 0.1) is 12.6 Å². The topological polar surface area (TPSA) is 32.3 Å². The van der Waals surface area contributed by atoms with Crippen LogP contribution in [0.1, 0.15) is 54.3 Å². The fourth-order valence-corrected chi connectivity index (χ4v) is 4.13. The smallest absolute Gasteiger partial charge is 0.234 e. The van der Waals surface area contributed by atoms with Crippen LogP contribution in [0.2, 0.25) is 0 Å². The first-order valence-corrected chi connectivity index (χ1v) is 10.1. The second-order valence-corrected chi connectivity index (χ2v) is 8.24. The van der Waals surface area contributed by atoms with E-state index in [4.69, 9.17) is 0 Å². The first kappa shape index (κ1) is 18.2. The lowest BCUT2D eigenvalue weighted by Gasteiger charge is -2.24. The number of likely N-dealkylation sites (N-methyl/N-ethyl adjacent to an activating group) is 1. The van der Waals surface area contributed by atoms with E-state index in [1.807, 2.05) is 7.05 Å². The third-order valence-corrected chi connectivity index (χ3v) is 6.05. The molecule has 0 radical (unpaired) electrons. The number of nitrogens with zero attached hydrogens (tertiary/aromatic N) is 1. The highest BCUT2D eigenvalue weighted by molar-refractivity contribution is 7.10. The molecule has 25 heavy (non-hydrogen) atoms. The number of amides is 1. The third-order valence-electron chi connectivity index (χ3n) is 5.11. The van der Waals surface area contributed by atoms with Gasteiger partial charge in [-0.2, -0.15) is 0 Å². The van der Waals surface area contributed by atoms with Gasteiger partial charge < -0.3 is 5.32 Å². The van der Waals surface area contributed by atoms with Gasteiger partial charge in [-0.3, -0.25) is 9.69 Å². The summed E-state index contributed by atoms with van der Waals surface area (Å²) in [4.78, 5) is 15.8. The molecule has 2 aromatic rings. The third kappa shape index (κ3) is 4.50. The second kappa shape index (κ2) is 8.15. The highest BCUT2D eigenvalue weighted by atomic mass is 32.1. The van der Waals surface area contributed by atoms with Crippen molar-refractivity contribution < 1.29 is 4.79 Å². The molecule has 0 fully saturated rings. The van der Waals surface area contributed by atoms with Crippen molar-refractivity contribution in [3.05, 3.63) is 57.3 Å². The quantitative estimate of drug-likeness (QED) is 0.842. The highest BCUT2D eigenvalue weighted by Gasteiger charge is 2.21. The van der Waals surface area contributed by atoms with E-state index in [9.17, 15) is 4.79 Å². The summed E-state index contributed by atoms with van der Waals surface area (Å²) in [7, 11) is 1.99. The van der Waals surface area contributed by atoms with E-state index in [0.29, 0.717) is 12.6 Å². The molecule has 1 aliphatic rings. The molecule has 1 N–H and O–H groups in total. The Morgan fingerprint density at radius 2 is 1.96 bits per heavy atom. The Bertz CT molecular complexity index is 709.